The number of rotatable bonds is 6. The zero-order valence-electron chi connectivity index (χ0n) is 11.9. The van der Waals surface area contributed by atoms with Crippen LogP contribution in [0.1, 0.15) is 41.3 Å². The summed E-state index contributed by atoms with van der Waals surface area (Å²) in [4.78, 5) is 4.56. The third-order valence-electron chi connectivity index (χ3n) is 3.78. The lowest BCUT2D eigenvalue weighted by Gasteiger charge is -2.19. The Hall–Kier alpha value is -1.30. The van der Waals surface area contributed by atoms with Gasteiger partial charge in [0.05, 0.1) is 12.1 Å². The van der Waals surface area contributed by atoms with E-state index in [1.54, 1.807) is 23.5 Å². The quantitative estimate of drug-likeness (QED) is 0.860. The highest BCUT2D eigenvalue weighted by atomic mass is 32.1. The minimum atomic E-state index is -0.632. The minimum absolute atomic E-state index is 0.221. The molecule has 2 unspecified atom stereocenters. The summed E-state index contributed by atoms with van der Waals surface area (Å²) in [5.74, 6) is 0.337. The Kier molecular flexibility index (Phi) is 4.33. The Morgan fingerprint density at radius 3 is 2.67 bits per heavy atom. The molecule has 2 N–H and O–H groups in total. The molecule has 3 rings (SSSR count). The van der Waals surface area contributed by atoms with Gasteiger partial charge in [-0.1, -0.05) is 12.1 Å². The fourth-order valence-electron chi connectivity index (χ4n) is 2.44. The van der Waals surface area contributed by atoms with Crippen molar-refractivity contribution in [2.45, 2.75) is 31.9 Å². The summed E-state index contributed by atoms with van der Waals surface area (Å²) in [6.07, 6.45) is 1.79. The molecule has 2 aromatic rings. The highest BCUT2D eigenvalue weighted by molar-refractivity contribution is 7.09. The molecule has 1 fully saturated rings. The zero-order chi connectivity index (χ0) is 14.8. The van der Waals surface area contributed by atoms with Gasteiger partial charge >= 0.3 is 0 Å². The van der Waals surface area contributed by atoms with Gasteiger partial charge in [0.15, 0.2) is 0 Å². The maximum absolute atomic E-state index is 12.9. The molecule has 0 spiro atoms. The van der Waals surface area contributed by atoms with E-state index in [9.17, 15) is 9.50 Å². The van der Waals surface area contributed by atoms with Crippen LogP contribution >= 0.6 is 11.3 Å². The van der Waals surface area contributed by atoms with Crippen molar-refractivity contribution in [2.24, 2.45) is 5.92 Å². The lowest BCUT2D eigenvalue weighted by Crippen LogP contribution is -2.27. The van der Waals surface area contributed by atoms with Gasteiger partial charge in [0.2, 0.25) is 0 Å². The number of nitrogens with zero attached hydrogens (tertiary/aromatic N) is 1. The highest BCUT2D eigenvalue weighted by Crippen LogP contribution is 2.42. The Morgan fingerprint density at radius 2 is 2.10 bits per heavy atom. The molecule has 3 nitrogen and oxygen atoms in total. The van der Waals surface area contributed by atoms with Crippen molar-refractivity contribution in [2.75, 3.05) is 6.54 Å². The normalized spacial score (nSPS) is 17.7. The predicted molar refractivity (Wildman–Crippen MR) is 81.7 cm³/mol. The van der Waals surface area contributed by atoms with Crippen LogP contribution in [0.2, 0.25) is 0 Å². The fraction of sp³-hybridized carbons (Fsp3) is 0.438. The van der Waals surface area contributed by atoms with Gasteiger partial charge in [-0.2, -0.15) is 0 Å². The SMILES string of the molecule is Cc1csc(C(NCC(O)c2ccc(F)cc2)C2CC2)n1. The highest BCUT2D eigenvalue weighted by Gasteiger charge is 2.34. The predicted octanol–water partition coefficient (Wildman–Crippen LogP) is 3.36. The van der Waals surface area contributed by atoms with Gasteiger partial charge in [-0.25, -0.2) is 9.37 Å². The molecular weight excluding hydrogens is 287 g/mol. The molecular formula is C16H19FN2OS. The molecule has 1 aliphatic carbocycles. The van der Waals surface area contributed by atoms with Crippen LogP contribution in [0.5, 0.6) is 0 Å². The summed E-state index contributed by atoms with van der Waals surface area (Å²) in [6.45, 7) is 2.45. The number of aliphatic hydroxyl groups is 1. The Bertz CT molecular complexity index is 595. The van der Waals surface area contributed by atoms with Crippen LogP contribution in [-0.2, 0) is 0 Å². The van der Waals surface area contributed by atoms with Crippen LogP contribution in [0.4, 0.5) is 4.39 Å². The summed E-state index contributed by atoms with van der Waals surface area (Å²) >= 11 is 1.67. The summed E-state index contributed by atoms with van der Waals surface area (Å²) < 4.78 is 12.9. The van der Waals surface area contributed by atoms with Gasteiger partial charge in [-0.05, 0) is 43.4 Å². The Labute approximate surface area is 127 Å². The summed E-state index contributed by atoms with van der Waals surface area (Å²) in [6, 6.07) is 6.23. The van der Waals surface area contributed by atoms with Crippen LogP contribution in [0, 0.1) is 18.7 Å². The zero-order valence-corrected chi connectivity index (χ0v) is 12.7. The van der Waals surface area contributed by atoms with Crippen molar-refractivity contribution in [1.29, 1.82) is 0 Å². The van der Waals surface area contributed by atoms with Crippen LogP contribution in [-0.4, -0.2) is 16.6 Å². The van der Waals surface area contributed by atoms with Gasteiger partial charge in [0.1, 0.15) is 10.8 Å². The topological polar surface area (TPSA) is 45.1 Å². The summed E-state index contributed by atoms with van der Waals surface area (Å²) in [5, 5.41) is 16.8. The number of halogens is 1. The molecule has 1 aromatic heterocycles. The summed E-state index contributed by atoms with van der Waals surface area (Å²) in [5.41, 5.74) is 1.77. The van der Waals surface area contributed by atoms with Gasteiger partial charge in [-0.15, -0.1) is 11.3 Å². The lowest BCUT2D eigenvalue weighted by atomic mass is 10.1. The third-order valence-corrected chi connectivity index (χ3v) is 4.83. The van der Waals surface area contributed by atoms with Crippen LogP contribution in [0.3, 0.4) is 0 Å². The van der Waals surface area contributed by atoms with Crippen LogP contribution in [0.25, 0.3) is 0 Å². The molecule has 1 aromatic carbocycles. The smallest absolute Gasteiger partial charge is 0.123 e. The molecule has 112 valence electrons. The van der Waals surface area contributed by atoms with E-state index in [2.05, 4.69) is 15.7 Å². The largest absolute Gasteiger partial charge is 0.387 e. The molecule has 1 aliphatic rings. The van der Waals surface area contributed by atoms with Crippen molar-refractivity contribution in [1.82, 2.24) is 10.3 Å². The van der Waals surface area contributed by atoms with Gasteiger partial charge in [0.25, 0.3) is 0 Å². The first-order valence-electron chi connectivity index (χ1n) is 7.22. The van der Waals surface area contributed by atoms with Crippen molar-refractivity contribution in [3.63, 3.8) is 0 Å². The molecule has 0 amide bonds. The number of aliphatic hydroxyl groups excluding tert-OH is 1. The van der Waals surface area contributed by atoms with E-state index >= 15 is 0 Å². The molecule has 0 aliphatic heterocycles. The first kappa shape index (κ1) is 14.6. The van der Waals surface area contributed by atoms with E-state index in [0.29, 0.717) is 12.5 Å². The first-order chi connectivity index (χ1) is 10.1. The van der Waals surface area contributed by atoms with Gasteiger partial charge in [0, 0.05) is 17.6 Å². The molecule has 0 radical (unpaired) electrons. The molecule has 0 bridgehead atoms. The van der Waals surface area contributed by atoms with E-state index in [0.717, 1.165) is 16.3 Å². The van der Waals surface area contributed by atoms with Crippen LogP contribution in [0.15, 0.2) is 29.6 Å². The Balaban J connectivity index is 1.63. The maximum atomic E-state index is 12.9. The number of hydrogen-bond acceptors (Lipinski definition) is 4. The summed E-state index contributed by atoms with van der Waals surface area (Å²) in [7, 11) is 0. The van der Waals surface area contributed by atoms with E-state index in [-0.39, 0.29) is 11.9 Å². The van der Waals surface area contributed by atoms with Crippen molar-refractivity contribution in [3.8, 4) is 0 Å². The second-order valence-electron chi connectivity index (χ2n) is 5.62. The fourth-order valence-corrected chi connectivity index (χ4v) is 3.40. The van der Waals surface area contributed by atoms with Gasteiger partial charge < -0.3 is 10.4 Å². The standard InChI is InChI=1S/C16H19FN2OS/c1-10-9-21-16(19-10)15(12-2-3-12)18-8-14(20)11-4-6-13(17)7-5-11/h4-7,9,12,14-15,18,20H,2-3,8H2,1H3. The number of thiazole rings is 1. The number of benzene rings is 1. The maximum Gasteiger partial charge on any atom is 0.123 e. The Morgan fingerprint density at radius 1 is 1.38 bits per heavy atom. The second-order valence-corrected chi connectivity index (χ2v) is 6.51. The van der Waals surface area contributed by atoms with E-state index in [4.69, 9.17) is 0 Å². The molecule has 1 saturated carbocycles. The molecule has 21 heavy (non-hydrogen) atoms. The second kappa shape index (κ2) is 6.22. The monoisotopic (exact) mass is 306 g/mol. The number of aromatic nitrogens is 1. The van der Waals surface area contributed by atoms with Crippen LogP contribution < -0.4 is 5.32 Å². The third kappa shape index (κ3) is 3.67. The van der Waals surface area contributed by atoms with E-state index in [1.165, 1.54) is 25.0 Å². The number of aryl methyl sites for hydroxylation is 1. The molecule has 1 heterocycles. The molecule has 2 atom stereocenters. The van der Waals surface area contributed by atoms with Crippen molar-refractivity contribution in [3.05, 3.63) is 51.7 Å². The molecule has 5 heteroatoms. The first-order valence-corrected chi connectivity index (χ1v) is 8.10. The average molecular weight is 306 g/mol. The van der Waals surface area contributed by atoms with E-state index in [1.807, 2.05) is 6.92 Å². The van der Waals surface area contributed by atoms with Crippen molar-refractivity contribution >= 4 is 11.3 Å². The number of hydrogen-bond donors (Lipinski definition) is 2. The number of nitrogens with one attached hydrogen (secondary N) is 1. The van der Waals surface area contributed by atoms with E-state index < -0.39 is 6.10 Å². The average Bonchev–Trinajstić information content (AvgIpc) is 3.22. The molecule has 0 saturated heterocycles. The lowest BCUT2D eigenvalue weighted by molar-refractivity contribution is 0.168. The van der Waals surface area contributed by atoms with Crippen molar-refractivity contribution < 1.29 is 9.50 Å². The van der Waals surface area contributed by atoms with Gasteiger partial charge in [-0.3, -0.25) is 0 Å². The minimum Gasteiger partial charge on any atom is -0.387 e.